The lowest BCUT2D eigenvalue weighted by Gasteiger charge is -2.33. The summed E-state index contributed by atoms with van der Waals surface area (Å²) in [6.07, 6.45) is 11.3. The first-order chi connectivity index (χ1) is 14.6. The molecular weight excluding hydrogens is 380 g/mol. The van der Waals surface area contributed by atoms with Crippen molar-refractivity contribution in [1.29, 1.82) is 0 Å². The average molecular weight is 415 g/mol. The second kappa shape index (κ2) is 13.8. The molecule has 0 aromatic heterocycles. The van der Waals surface area contributed by atoms with E-state index < -0.39 is 12.2 Å². The van der Waals surface area contributed by atoms with Crippen LogP contribution in [0.2, 0.25) is 0 Å². The molecule has 2 atom stereocenters. The van der Waals surface area contributed by atoms with Crippen LogP contribution in [0.25, 0.3) is 0 Å². The topological polar surface area (TPSA) is 74.2 Å². The standard InChI is InChI=1S/C24H34N2O4/c1-3-8-23(9-4-2)30-19-22(28)17-26-14-12-20(13-15-26)25-16-21(27)18-29-24-10-6-5-7-11-24/h1,4-11,20-22,25,27-28H,12-19H2,2H3/b9-4-,23-8+. The highest BCUT2D eigenvalue weighted by molar-refractivity contribution is 5.22. The van der Waals surface area contributed by atoms with Crippen molar-refractivity contribution in [3.63, 3.8) is 0 Å². The zero-order chi connectivity index (χ0) is 21.6. The van der Waals surface area contributed by atoms with Crippen molar-refractivity contribution in [3.05, 3.63) is 54.3 Å². The molecule has 1 aromatic rings. The maximum atomic E-state index is 10.2. The number of aliphatic hydroxyl groups is 2. The number of β-amino-alcohol motifs (C(OH)–C–C–N with tert-alkyl or cyclic N) is 1. The van der Waals surface area contributed by atoms with Crippen LogP contribution < -0.4 is 10.1 Å². The number of piperidine rings is 1. The van der Waals surface area contributed by atoms with Crippen molar-refractivity contribution < 1.29 is 19.7 Å². The van der Waals surface area contributed by atoms with Crippen molar-refractivity contribution in [2.75, 3.05) is 39.4 Å². The molecule has 1 aliphatic rings. The van der Waals surface area contributed by atoms with Gasteiger partial charge < -0.3 is 29.9 Å². The van der Waals surface area contributed by atoms with Gasteiger partial charge in [-0.1, -0.05) is 30.2 Å². The van der Waals surface area contributed by atoms with E-state index in [1.165, 1.54) is 0 Å². The van der Waals surface area contributed by atoms with Gasteiger partial charge in [0.2, 0.25) is 0 Å². The highest BCUT2D eigenvalue weighted by atomic mass is 16.5. The van der Waals surface area contributed by atoms with Gasteiger partial charge in [0.1, 0.15) is 36.9 Å². The van der Waals surface area contributed by atoms with Gasteiger partial charge in [-0.05, 0) is 51.1 Å². The van der Waals surface area contributed by atoms with Crippen LogP contribution in [0.5, 0.6) is 5.75 Å². The molecule has 0 aliphatic carbocycles. The van der Waals surface area contributed by atoms with Gasteiger partial charge in [-0.25, -0.2) is 0 Å². The van der Waals surface area contributed by atoms with Crippen molar-refractivity contribution in [2.45, 2.75) is 38.0 Å². The quantitative estimate of drug-likeness (QED) is 0.276. The minimum Gasteiger partial charge on any atom is -0.491 e. The summed E-state index contributed by atoms with van der Waals surface area (Å²) >= 11 is 0. The van der Waals surface area contributed by atoms with Gasteiger partial charge in [0.25, 0.3) is 0 Å². The summed E-state index contributed by atoms with van der Waals surface area (Å²) in [5, 5.41) is 23.8. The number of nitrogens with one attached hydrogen (secondary N) is 1. The van der Waals surface area contributed by atoms with E-state index >= 15 is 0 Å². The number of ether oxygens (including phenoxy) is 2. The number of aliphatic hydroxyl groups excluding tert-OH is 2. The fraction of sp³-hybridized carbons (Fsp3) is 0.500. The largest absolute Gasteiger partial charge is 0.491 e. The first kappa shape index (κ1) is 24.0. The summed E-state index contributed by atoms with van der Waals surface area (Å²) in [4.78, 5) is 2.24. The number of nitrogens with zero attached hydrogens (tertiary/aromatic N) is 1. The van der Waals surface area contributed by atoms with Crippen LogP contribution in [0, 0.1) is 12.3 Å². The lowest BCUT2D eigenvalue weighted by molar-refractivity contribution is 0.0373. The molecule has 0 radical (unpaired) electrons. The summed E-state index contributed by atoms with van der Waals surface area (Å²) in [7, 11) is 0. The predicted molar refractivity (Wildman–Crippen MR) is 119 cm³/mol. The first-order valence-electron chi connectivity index (χ1n) is 10.5. The van der Waals surface area contributed by atoms with Crippen LogP contribution in [0.4, 0.5) is 0 Å². The normalized spacial score (nSPS) is 18.1. The molecule has 1 aliphatic heterocycles. The van der Waals surface area contributed by atoms with Gasteiger partial charge in [-0.15, -0.1) is 6.42 Å². The summed E-state index contributed by atoms with van der Waals surface area (Å²) in [6, 6.07) is 9.86. The van der Waals surface area contributed by atoms with Gasteiger partial charge in [0.05, 0.1) is 0 Å². The Morgan fingerprint density at radius 3 is 2.63 bits per heavy atom. The summed E-state index contributed by atoms with van der Waals surface area (Å²) in [6.45, 7) is 5.23. The number of hydrogen-bond donors (Lipinski definition) is 3. The smallest absolute Gasteiger partial charge is 0.127 e. The van der Waals surface area contributed by atoms with Gasteiger partial charge in [0, 0.05) is 25.2 Å². The number of allylic oxidation sites excluding steroid dienone is 3. The van der Waals surface area contributed by atoms with Gasteiger partial charge in [0.15, 0.2) is 0 Å². The second-order valence-corrected chi connectivity index (χ2v) is 7.44. The summed E-state index contributed by atoms with van der Waals surface area (Å²) < 4.78 is 11.2. The summed E-state index contributed by atoms with van der Waals surface area (Å²) in [5.41, 5.74) is 0. The number of terminal acetylenes is 1. The molecule has 2 rings (SSSR count). The highest BCUT2D eigenvalue weighted by Gasteiger charge is 2.21. The highest BCUT2D eigenvalue weighted by Crippen LogP contribution is 2.12. The third-order valence-electron chi connectivity index (χ3n) is 4.88. The molecule has 164 valence electrons. The Morgan fingerprint density at radius 2 is 1.97 bits per heavy atom. The lowest BCUT2D eigenvalue weighted by Crippen LogP contribution is -2.47. The lowest BCUT2D eigenvalue weighted by atomic mass is 10.0. The third kappa shape index (κ3) is 9.47. The average Bonchev–Trinajstić information content (AvgIpc) is 2.76. The van der Waals surface area contributed by atoms with Crippen molar-refractivity contribution in [1.82, 2.24) is 10.2 Å². The third-order valence-corrected chi connectivity index (χ3v) is 4.88. The molecule has 3 N–H and O–H groups in total. The number of para-hydroxylation sites is 1. The number of benzene rings is 1. The zero-order valence-electron chi connectivity index (χ0n) is 17.7. The molecule has 1 aromatic carbocycles. The van der Waals surface area contributed by atoms with Crippen molar-refractivity contribution in [3.8, 4) is 18.1 Å². The SMILES string of the molecule is C#C/C=C(\C=C/C)OCC(O)CN1CCC(NCC(O)COc2ccccc2)CC1. The monoisotopic (exact) mass is 414 g/mol. The van der Waals surface area contributed by atoms with Crippen LogP contribution >= 0.6 is 0 Å². The van der Waals surface area contributed by atoms with Gasteiger partial charge in [-0.2, -0.15) is 0 Å². The maximum absolute atomic E-state index is 10.2. The Kier molecular flexibility index (Phi) is 11.1. The molecule has 1 saturated heterocycles. The molecule has 1 fully saturated rings. The summed E-state index contributed by atoms with van der Waals surface area (Å²) in [5.74, 6) is 3.78. The van der Waals surface area contributed by atoms with Crippen LogP contribution in [0.1, 0.15) is 19.8 Å². The number of hydrogen-bond acceptors (Lipinski definition) is 6. The Labute approximate surface area is 180 Å². The van der Waals surface area contributed by atoms with E-state index in [-0.39, 0.29) is 13.2 Å². The molecule has 2 unspecified atom stereocenters. The minimum absolute atomic E-state index is 0.212. The maximum Gasteiger partial charge on any atom is 0.127 e. The molecule has 0 bridgehead atoms. The Hall–Kier alpha value is -2.30. The van der Waals surface area contributed by atoms with Crippen molar-refractivity contribution >= 4 is 0 Å². The van der Waals surface area contributed by atoms with E-state index in [2.05, 4.69) is 16.1 Å². The van der Waals surface area contributed by atoms with Crippen LogP contribution in [-0.4, -0.2) is 72.8 Å². The van der Waals surface area contributed by atoms with E-state index in [4.69, 9.17) is 15.9 Å². The van der Waals surface area contributed by atoms with Crippen molar-refractivity contribution in [2.24, 2.45) is 0 Å². The van der Waals surface area contributed by atoms with E-state index in [0.29, 0.717) is 24.9 Å². The van der Waals surface area contributed by atoms with Gasteiger partial charge >= 0.3 is 0 Å². The van der Waals surface area contributed by atoms with E-state index in [0.717, 1.165) is 31.7 Å². The molecular formula is C24H34N2O4. The van der Waals surface area contributed by atoms with Crippen LogP contribution in [0.3, 0.4) is 0 Å². The molecule has 6 heteroatoms. The predicted octanol–water partition coefficient (Wildman–Crippen LogP) is 1.95. The Morgan fingerprint density at radius 1 is 1.23 bits per heavy atom. The second-order valence-electron chi connectivity index (χ2n) is 7.44. The molecule has 6 nitrogen and oxygen atoms in total. The van der Waals surface area contributed by atoms with Gasteiger partial charge in [-0.3, -0.25) is 0 Å². The fourth-order valence-corrected chi connectivity index (χ4v) is 3.32. The molecule has 0 saturated carbocycles. The molecule has 30 heavy (non-hydrogen) atoms. The van der Waals surface area contributed by atoms with E-state index in [1.54, 1.807) is 12.2 Å². The first-order valence-corrected chi connectivity index (χ1v) is 10.5. The fourth-order valence-electron chi connectivity index (χ4n) is 3.32. The molecule has 0 spiro atoms. The number of likely N-dealkylation sites (tertiary alicyclic amines) is 1. The molecule has 1 heterocycles. The van der Waals surface area contributed by atoms with E-state index in [9.17, 15) is 10.2 Å². The Bertz CT molecular complexity index is 691. The minimum atomic E-state index is -0.571. The van der Waals surface area contributed by atoms with Crippen LogP contribution in [-0.2, 0) is 4.74 Å². The zero-order valence-corrected chi connectivity index (χ0v) is 17.7. The molecule has 0 amide bonds. The number of rotatable bonds is 12. The van der Waals surface area contributed by atoms with E-state index in [1.807, 2.05) is 43.3 Å². The Balaban J connectivity index is 1.59. The van der Waals surface area contributed by atoms with Crippen LogP contribution in [0.15, 0.2) is 54.3 Å².